The minimum Gasteiger partial charge on any atom is -0.390 e. The predicted molar refractivity (Wildman–Crippen MR) is 83.9 cm³/mol. The Hall–Kier alpha value is -1.64. The number of benzene rings is 2. The fourth-order valence-corrected chi connectivity index (χ4v) is 3.10. The number of ether oxygens (including phenoxy) is 1. The summed E-state index contributed by atoms with van der Waals surface area (Å²) in [5.41, 5.74) is 1.52. The van der Waals surface area contributed by atoms with Crippen molar-refractivity contribution >= 4 is 0 Å². The van der Waals surface area contributed by atoms with Gasteiger partial charge in [-0.25, -0.2) is 0 Å². The monoisotopic (exact) mass is 282 g/mol. The van der Waals surface area contributed by atoms with Crippen molar-refractivity contribution in [2.24, 2.45) is 5.92 Å². The van der Waals surface area contributed by atoms with Crippen LogP contribution >= 0.6 is 0 Å². The Morgan fingerprint density at radius 2 is 1.48 bits per heavy atom. The lowest BCUT2D eigenvalue weighted by Gasteiger charge is -2.45. The van der Waals surface area contributed by atoms with Crippen LogP contribution in [0.25, 0.3) is 0 Å². The van der Waals surface area contributed by atoms with Crippen LogP contribution in [0.4, 0.5) is 0 Å². The molecule has 2 aromatic carbocycles. The van der Waals surface area contributed by atoms with Crippen LogP contribution in [0.5, 0.6) is 0 Å². The van der Waals surface area contributed by atoms with Crippen molar-refractivity contribution in [1.82, 2.24) is 0 Å². The molecule has 0 aromatic heterocycles. The van der Waals surface area contributed by atoms with Crippen molar-refractivity contribution in [2.75, 3.05) is 0 Å². The molecule has 1 aliphatic heterocycles. The first kappa shape index (κ1) is 14.3. The van der Waals surface area contributed by atoms with Crippen molar-refractivity contribution < 1.29 is 9.84 Å². The summed E-state index contributed by atoms with van der Waals surface area (Å²) in [6, 6.07) is 20.4. The molecule has 0 unspecified atom stereocenters. The van der Waals surface area contributed by atoms with Crippen molar-refractivity contribution in [3.63, 3.8) is 0 Å². The van der Waals surface area contributed by atoms with Crippen LogP contribution < -0.4 is 0 Å². The van der Waals surface area contributed by atoms with Gasteiger partial charge in [-0.3, -0.25) is 0 Å². The average Bonchev–Trinajstić information content (AvgIpc) is 2.51. The summed E-state index contributed by atoms with van der Waals surface area (Å²) in [7, 11) is 0. The minimum absolute atomic E-state index is 0.0554. The Balaban J connectivity index is 1.93. The van der Waals surface area contributed by atoms with E-state index >= 15 is 0 Å². The Bertz CT molecular complexity index is 577. The van der Waals surface area contributed by atoms with Crippen LogP contribution in [-0.4, -0.2) is 10.7 Å². The second-order valence-electron chi connectivity index (χ2n) is 6.22. The van der Waals surface area contributed by atoms with Crippen LogP contribution in [0.1, 0.15) is 43.6 Å². The zero-order chi connectivity index (χ0) is 14.9. The van der Waals surface area contributed by atoms with Crippen molar-refractivity contribution in [3.8, 4) is 0 Å². The molecular formula is C19H22O2. The fourth-order valence-electron chi connectivity index (χ4n) is 3.10. The van der Waals surface area contributed by atoms with Gasteiger partial charge in [-0.1, -0.05) is 67.6 Å². The van der Waals surface area contributed by atoms with E-state index in [4.69, 9.17) is 4.74 Å². The lowest BCUT2D eigenvalue weighted by molar-refractivity contribution is -0.178. The summed E-state index contributed by atoms with van der Waals surface area (Å²) in [5, 5.41) is 10.8. The highest BCUT2D eigenvalue weighted by Crippen LogP contribution is 2.47. The molecule has 4 atom stereocenters. The molecule has 0 spiro atoms. The first-order valence-corrected chi connectivity index (χ1v) is 7.55. The van der Waals surface area contributed by atoms with Gasteiger partial charge in [-0.05, 0) is 18.1 Å². The maximum atomic E-state index is 10.8. The van der Waals surface area contributed by atoms with Crippen LogP contribution in [0.15, 0.2) is 60.7 Å². The normalized spacial score (nSPS) is 32.8. The first-order valence-electron chi connectivity index (χ1n) is 7.55. The highest BCUT2D eigenvalue weighted by molar-refractivity contribution is 5.23. The van der Waals surface area contributed by atoms with Gasteiger partial charge in [-0.2, -0.15) is 0 Å². The van der Waals surface area contributed by atoms with Gasteiger partial charge in [0, 0.05) is 12.3 Å². The SMILES string of the molecule is C[C@@H]1[C@@H](c2ccccc2)O[C@@H](c2ccccc2)C[C@]1(C)O. The molecule has 0 aliphatic carbocycles. The molecule has 1 heterocycles. The zero-order valence-corrected chi connectivity index (χ0v) is 12.6. The Labute approximate surface area is 126 Å². The quantitative estimate of drug-likeness (QED) is 0.891. The minimum atomic E-state index is -0.737. The van der Waals surface area contributed by atoms with Gasteiger partial charge in [0.05, 0.1) is 17.8 Å². The van der Waals surface area contributed by atoms with Gasteiger partial charge in [0.25, 0.3) is 0 Å². The molecule has 1 fully saturated rings. The lowest BCUT2D eigenvalue weighted by Crippen LogP contribution is -2.44. The summed E-state index contributed by atoms with van der Waals surface area (Å²) >= 11 is 0. The molecule has 21 heavy (non-hydrogen) atoms. The molecule has 2 nitrogen and oxygen atoms in total. The highest BCUT2D eigenvalue weighted by atomic mass is 16.5. The lowest BCUT2D eigenvalue weighted by atomic mass is 9.76. The van der Waals surface area contributed by atoms with Gasteiger partial charge in [0.1, 0.15) is 0 Å². The van der Waals surface area contributed by atoms with E-state index in [0.717, 1.165) is 11.1 Å². The summed E-state index contributed by atoms with van der Waals surface area (Å²) < 4.78 is 6.35. The third kappa shape index (κ3) is 2.87. The molecule has 3 rings (SSSR count). The Kier molecular flexibility index (Phi) is 3.83. The van der Waals surface area contributed by atoms with Crippen LogP contribution in [0, 0.1) is 5.92 Å². The van der Waals surface area contributed by atoms with Crippen LogP contribution in [0.2, 0.25) is 0 Å². The van der Waals surface area contributed by atoms with Gasteiger partial charge in [0.15, 0.2) is 0 Å². The molecular weight excluding hydrogens is 260 g/mol. The van der Waals surface area contributed by atoms with E-state index in [9.17, 15) is 5.11 Å². The predicted octanol–water partition coefficient (Wildman–Crippen LogP) is 4.28. The maximum absolute atomic E-state index is 10.8. The highest BCUT2D eigenvalue weighted by Gasteiger charge is 2.43. The van der Waals surface area contributed by atoms with E-state index in [2.05, 4.69) is 31.2 Å². The third-order valence-corrected chi connectivity index (χ3v) is 4.64. The van der Waals surface area contributed by atoms with Gasteiger partial charge >= 0.3 is 0 Å². The summed E-state index contributed by atoms with van der Waals surface area (Å²) in [6.45, 7) is 3.99. The fraction of sp³-hybridized carbons (Fsp3) is 0.368. The van der Waals surface area contributed by atoms with Crippen molar-refractivity contribution in [2.45, 2.75) is 38.1 Å². The summed E-state index contributed by atoms with van der Waals surface area (Å²) in [5.74, 6) is 0.0554. The van der Waals surface area contributed by atoms with E-state index < -0.39 is 5.60 Å². The van der Waals surface area contributed by atoms with E-state index in [1.165, 1.54) is 0 Å². The summed E-state index contributed by atoms with van der Waals surface area (Å²) in [4.78, 5) is 0. The second-order valence-corrected chi connectivity index (χ2v) is 6.22. The van der Waals surface area contributed by atoms with Gasteiger partial charge < -0.3 is 9.84 Å². The maximum Gasteiger partial charge on any atom is 0.0886 e. The second kappa shape index (κ2) is 5.63. The van der Waals surface area contributed by atoms with Crippen LogP contribution in [-0.2, 0) is 4.74 Å². The molecule has 1 aliphatic rings. The number of aliphatic hydroxyl groups is 1. The molecule has 0 bridgehead atoms. The standard InChI is InChI=1S/C19H22O2/c1-14-18(16-11-7-4-8-12-16)21-17(13-19(14,2)20)15-9-5-3-6-10-15/h3-12,14,17-18,20H,13H2,1-2H3/t14-,17-,18+,19+/m1/s1. The number of hydrogen-bond donors (Lipinski definition) is 1. The van der Waals surface area contributed by atoms with E-state index in [1.807, 2.05) is 43.3 Å². The topological polar surface area (TPSA) is 29.5 Å². The van der Waals surface area contributed by atoms with Crippen molar-refractivity contribution in [3.05, 3.63) is 71.8 Å². The van der Waals surface area contributed by atoms with Gasteiger partial charge in [-0.15, -0.1) is 0 Å². The number of rotatable bonds is 2. The molecule has 0 radical (unpaired) electrons. The molecule has 1 N–H and O–H groups in total. The molecule has 2 aromatic rings. The molecule has 0 amide bonds. The number of hydrogen-bond acceptors (Lipinski definition) is 2. The van der Waals surface area contributed by atoms with Crippen molar-refractivity contribution in [1.29, 1.82) is 0 Å². The largest absolute Gasteiger partial charge is 0.390 e. The Morgan fingerprint density at radius 3 is 2.05 bits per heavy atom. The summed E-state index contributed by atoms with van der Waals surface area (Å²) in [6.07, 6.45) is 0.476. The third-order valence-electron chi connectivity index (χ3n) is 4.64. The smallest absolute Gasteiger partial charge is 0.0886 e. The molecule has 1 saturated heterocycles. The molecule has 0 saturated carbocycles. The first-order chi connectivity index (χ1) is 10.1. The van der Waals surface area contributed by atoms with Gasteiger partial charge in [0.2, 0.25) is 0 Å². The average molecular weight is 282 g/mol. The molecule has 2 heteroatoms. The van der Waals surface area contributed by atoms with E-state index in [1.54, 1.807) is 0 Å². The van der Waals surface area contributed by atoms with Crippen LogP contribution in [0.3, 0.4) is 0 Å². The van der Waals surface area contributed by atoms with E-state index in [0.29, 0.717) is 6.42 Å². The Morgan fingerprint density at radius 1 is 0.952 bits per heavy atom. The molecule has 110 valence electrons. The van der Waals surface area contributed by atoms with E-state index in [-0.39, 0.29) is 18.1 Å². The zero-order valence-electron chi connectivity index (χ0n) is 12.6.